The van der Waals surface area contributed by atoms with Crippen molar-refractivity contribution in [1.29, 1.82) is 0 Å². The highest BCUT2D eigenvalue weighted by Crippen LogP contribution is 2.20. The molecule has 1 aromatic carbocycles. The van der Waals surface area contributed by atoms with Crippen molar-refractivity contribution in [3.05, 3.63) is 28.5 Å². The molecular formula is C12H13BrF4N2O3. The van der Waals surface area contributed by atoms with Crippen LogP contribution in [0.2, 0.25) is 0 Å². The molecule has 1 atom stereocenters. The van der Waals surface area contributed by atoms with Crippen molar-refractivity contribution < 1.29 is 32.3 Å². The Labute approximate surface area is 131 Å². The molecule has 124 valence electrons. The van der Waals surface area contributed by atoms with E-state index < -0.39 is 12.1 Å². The zero-order chi connectivity index (χ0) is 17.5. The first-order valence-corrected chi connectivity index (χ1v) is 6.53. The SMILES string of the molecule is CC(N)CC(=O)Nc1ccc(F)c(Br)c1.O=C(O)C(F)(F)F. The van der Waals surface area contributed by atoms with Gasteiger partial charge in [-0.05, 0) is 41.1 Å². The second kappa shape index (κ2) is 8.69. The van der Waals surface area contributed by atoms with Crippen LogP contribution in [0.4, 0.5) is 23.2 Å². The summed E-state index contributed by atoms with van der Waals surface area (Å²) < 4.78 is 44.9. The Kier molecular flexibility index (Phi) is 8.02. The summed E-state index contributed by atoms with van der Waals surface area (Å²) in [7, 11) is 0. The summed E-state index contributed by atoms with van der Waals surface area (Å²) in [6, 6.07) is 4.10. The summed E-state index contributed by atoms with van der Waals surface area (Å²) in [6.07, 6.45) is -4.84. The van der Waals surface area contributed by atoms with Gasteiger partial charge in [0, 0.05) is 18.2 Å². The van der Waals surface area contributed by atoms with Gasteiger partial charge in [0.15, 0.2) is 0 Å². The van der Waals surface area contributed by atoms with Crippen molar-refractivity contribution in [2.75, 3.05) is 5.32 Å². The number of nitrogens with one attached hydrogen (secondary N) is 1. The summed E-state index contributed by atoms with van der Waals surface area (Å²) in [5.41, 5.74) is 6.02. The molecule has 0 heterocycles. The standard InChI is InChI=1S/C10H12BrFN2O.C2HF3O2/c1-6(13)4-10(15)14-7-2-3-9(12)8(11)5-7;3-2(4,5)1(6)7/h2-3,5-6H,4,13H2,1H3,(H,14,15);(H,6,7). The highest BCUT2D eigenvalue weighted by atomic mass is 79.9. The molecule has 0 aliphatic carbocycles. The number of alkyl halides is 3. The first-order chi connectivity index (χ1) is 9.93. The van der Waals surface area contributed by atoms with Gasteiger partial charge in [-0.15, -0.1) is 0 Å². The number of amides is 1. The topological polar surface area (TPSA) is 92.4 Å². The number of aliphatic carboxylic acids is 1. The van der Waals surface area contributed by atoms with Crippen LogP contribution in [0.25, 0.3) is 0 Å². The number of anilines is 1. The lowest BCUT2D eigenvalue weighted by atomic mass is 10.2. The Balaban J connectivity index is 0.000000534. The molecule has 1 rings (SSSR count). The maximum Gasteiger partial charge on any atom is 0.490 e. The number of carboxylic acids is 1. The van der Waals surface area contributed by atoms with E-state index in [9.17, 15) is 22.4 Å². The van der Waals surface area contributed by atoms with Gasteiger partial charge in [-0.3, -0.25) is 4.79 Å². The predicted octanol–water partition coefficient (Wildman–Crippen LogP) is 2.90. The van der Waals surface area contributed by atoms with E-state index in [4.69, 9.17) is 15.6 Å². The van der Waals surface area contributed by atoms with Crippen molar-refractivity contribution in [3.63, 3.8) is 0 Å². The van der Waals surface area contributed by atoms with Gasteiger partial charge in [0.2, 0.25) is 5.91 Å². The van der Waals surface area contributed by atoms with E-state index in [0.717, 1.165) is 0 Å². The van der Waals surface area contributed by atoms with Crippen LogP contribution in [0, 0.1) is 5.82 Å². The third-order valence-electron chi connectivity index (χ3n) is 1.95. The monoisotopic (exact) mass is 388 g/mol. The van der Waals surface area contributed by atoms with E-state index >= 15 is 0 Å². The molecular weight excluding hydrogens is 376 g/mol. The average Bonchev–Trinajstić information content (AvgIpc) is 2.32. The number of halogens is 5. The molecule has 0 fully saturated rings. The number of nitrogens with two attached hydrogens (primary N) is 1. The lowest BCUT2D eigenvalue weighted by Crippen LogP contribution is -2.23. The second-order valence-corrected chi connectivity index (χ2v) is 5.02. The van der Waals surface area contributed by atoms with Crippen LogP contribution < -0.4 is 11.1 Å². The predicted molar refractivity (Wildman–Crippen MR) is 74.7 cm³/mol. The molecule has 1 amide bonds. The van der Waals surface area contributed by atoms with Gasteiger partial charge in [0.05, 0.1) is 4.47 Å². The van der Waals surface area contributed by atoms with Gasteiger partial charge in [-0.1, -0.05) is 0 Å². The van der Waals surface area contributed by atoms with Gasteiger partial charge in [-0.25, -0.2) is 9.18 Å². The molecule has 0 saturated carbocycles. The van der Waals surface area contributed by atoms with E-state index in [0.29, 0.717) is 10.2 Å². The van der Waals surface area contributed by atoms with Gasteiger partial charge in [-0.2, -0.15) is 13.2 Å². The van der Waals surface area contributed by atoms with Crippen molar-refractivity contribution in [1.82, 2.24) is 0 Å². The minimum atomic E-state index is -5.08. The van der Waals surface area contributed by atoms with Crippen LogP contribution in [0.1, 0.15) is 13.3 Å². The Morgan fingerprint density at radius 1 is 1.41 bits per heavy atom. The van der Waals surface area contributed by atoms with Crippen LogP contribution in [0.5, 0.6) is 0 Å². The lowest BCUT2D eigenvalue weighted by Gasteiger charge is -2.07. The summed E-state index contributed by atoms with van der Waals surface area (Å²) in [5.74, 6) is -3.30. The minimum Gasteiger partial charge on any atom is -0.475 e. The van der Waals surface area contributed by atoms with Crippen molar-refractivity contribution in [2.24, 2.45) is 5.73 Å². The van der Waals surface area contributed by atoms with Crippen molar-refractivity contribution in [3.8, 4) is 0 Å². The number of hydrogen-bond acceptors (Lipinski definition) is 3. The number of hydrogen-bond donors (Lipinski definition) is 3. The van der Waals surface area contributed by atoms with Gasteiger partial charge < -0.3 is 16.2 Å². The smallest absolute Gasteiger partial charge is 0.475 e. The zero-order valence-electron chi connectivity index (χ0n) is 11.2. The average molecular weight is 389 g/mol. The first kappa shape index (κ1) is 20.3. The van der Waals surface area contributed by atoms with E-state index in [2.05, 4.69) is 21.2 Å². The summed E-state index contributed by atoms with van der Waals surface area (Å²) in [6.45, 7) is 1.75. The number of benzene rings is 1. The van der Waals surface area contributed by atoms with Crippen LogP contribution >= 0.6 is 15.9 Å². The summed E-state index contributed by atoms with van der Waals surface area (Å²) in [4.78, 5) is 20.2. The van der Waals surface area contributed by atoms with Gasteiger partial charge in [0.25, 0.3) is 0 Å². The maximum absolute atomic E-state index is 12.9. The number of carbonyl (C=O) groups is 2. The van der Waals surface area contributed by atoms with Crippen LogP contribution in [-0.4, -0.2) is 29.2 Å². The number of rotatable bonds is 3. The molecule has 0 spiro atoms. The van der Waals surface area contributed by atoms with E-state index in [1.54, 1.807) is 6.92 Å². The number of carboxylic acid groups (broad SMARTS) is 1. The van der Waals surface area contributed by atoms with E-state index in [1.165, 1.54) is 18.2 Å². The van der Waals surface area contributed by atoms with Crippen molar-refractivity contribution >= 4 is 33.5 Å². The number of carbonyl (C=O) groups excluding carboxylic acids is 1. The maximum atomic E-state index is 12.9. The van der Waals surface area contributed by atoms with Crippen LogP contribution in [0.15, 0.2) is 22.7 Å². The lowest BCUT2D eigenvalue weighted by molar-refractivity contribution is -0.192. The molecule has 0 aromatic heterocycles. The molecule has 1 unspecified atom stereocenters. The summed E-state index contributed by atoms with van der Waals surface area (Å²) >= 11 is 3.04. The molecule has 1 aromatic rings. The van der Waals surface area contributed by atoms with Gasteiger partial charge >= 0.3 is 12.1 Å². The highest BCUT2D eigenvalue weighted by Gasteiger charge is 2.38. The fourth-order valence-electron chi connectivity index (χ4n) is 1.08. The molecule has 4 N–H and O–H groups in total. The molecule has 0 radical (unpaired) electrons. The normalized spacial score (nSPS) is 12.0. The first-order valence-electron chi connectivity index (χ1n) is 5.74. The highest BCUT2D eigenvalue weighted by molar-refractivity contribution is 9.10. The summed E-state index contributed by atoms with van der Waals surface area (Å²) in [5, 5.41) is 9.75. The Morgan fingerprint density at radius 3 is 2.27 bits per heavy atom. The van der Waals surface area contributed by atoms with E-state index in [-0.39, 0.29) is 24.2 Å². The molecule has 0 bridgehead atoms. The molecule has 0 saturated heterocycles. The molecule has 0 aliphatic heterocycles. The molecule has 5 nitrogen and oxygen atoms in total. The third kappa shape index (κ3) is 8.57. The fraction of sp³-hybridized carbons (Fsp3) is 0.333. The Morgan fingerprint density at radius 2 is 1.91 bits per heavy atom. The molecule has 0 aliphatic rings. The minimum absolute atomic E-state index is 0.177. The van der Waals surface area contributed by atoms with Crippen molar-refractivity contribution in [2.45, 2.75) is 25.6 Å². The second-order valence-electron chi connectivity index (χ2n) is 4.16. The largest absolute Gasteiger partial charge is 0.490 e. The zero-order valence-corrected chi connectivity index (χ0v) is 12.8. The Hall–Kier alpha value is -1.68. The molecule has 10 heteroatoms. The van der Waals surface area contributed by atoms with Gasteiger partial charge in [0.1, 0.15) is 5.82 Å². The third-order valence-corrected chi connectivity index (χ3v) is 2.56. The fourth-order valence-corrected chi connectivity index (χ4v) is 1.46. The Bertz CT molecular complexity index is 536. The van der Waals surface area contributed by atoms with Crippen LogP contribution in [0.3, 0.4) is 0 Å². The van der Waals surface area contributed by atoms with E-state index in [1.807, 2.05) is 0 Å². The van der Waals surface area contributed by atoms with Crippen LogP contribution in [-0.2, 0) is 9.59 Å². The quantitative estimate of drug-likeness (QED) is 0.694. The molecule has 22 heavy (non-hydrogen) atoms.